The van der Waals surface area contributed by atoms with Crippen LogP contribution < -0.4 is 10.6 Å². The van der Waals surface area contributed by atoms with Crippen LogP contribution in [-0.4, -0.2) is 62.0 Å². The van der Waals surface area contributed by atoms with Gasteiger partial charge in [0.05, 0.1) is 0 Å². The first-order valence-electron chi connectivity index (χ1n) is 10.6. The van der Waals surface area contributed by atoms with Crippen molar-refractivity contribution in [2.75, 3.05) is 6.54 Å². The Hall–Kier alpha value is -0.730. The summed E-state index contributed by atoms with van der Waals surface area (Å²) in [5.41, 5.74) is -1.56. The van der Waals surface area contributed by atoms with Crippen LogP contribution in [0.5, 0.6) is 0 Å². The third-order valence-corrected chi connectivity index (χ3v) is 6.38. The largest absolute Gasteiger partial charge is 0.353 e. The molecule has 1 radical (unpaired) electrons. The van der Waals surface area contributed by atoms with E-state index in [-0.39, 0.29) is 29.1 Å². The molecule has 163 valence electrons. The zero-order valence-electron chi connectivity index (χ0n) is 19.1. The maximum Gasteiger partial charge on any atom is 0.221 e. The summed E-state index contributed by atoms with van der Waals surface area (Å²) < 4.78 is 0. The number of piperidine rings is 2. The van der Waals surface area contributed by atoms with Gasteiger partial charge in [0.25, 0.3) is 0 Å². The van der Waals surface area contributed by atoms with Crippen molar-refractivity contribution in [1.29, 1.82) is 0 Å². The molecule has 2 aliphatic heterocycles. The Morgan fingerprint density at radius 2 is 1.29 bits per heavy atom. The van der Waals surface area contributed by atoms with Crippen molar-refractivity contribution < 1.29 is 15.2 Å². The lowest BCUT2D eigenvalue weighted by Gasteiger charge is -2.51. The predicted molar refractivity (Wildman–Crippen MR) is 109 cm³/mol. The van der Waals surface area contributed by atoms with Crippen molar-refractivity contribution in [3.05, 3.63) is 0 Å². The van der Waals surface area contributed by atoms with Crippen LogP contribution in [0.25, 0.3) is 0 Å². The monoisotopic (exact) mass is 397 g/mol. The van der Waals surface area contributed by atoms with Crippen LogP contribution >= 0.6 is 0 Å². The smallest absolute Gasteiger partial charge is 0.221 e. The van der Waals surface area contributed by atoms with E-state index < -0.39 is 11.1 Å². The molecule has 2 saturated heterocycles. The number of hydroxylamine groups is 4. The maximum atomic E-state index is 12.5. The van der Waals surface area contributed by atoms with Crippen molar-refractivity contribution in [2.45, 2.75) is 122 Å². The Bertz CT molecular complexity index is 538. The van der Waals surface area contributed by atoms with E-state index in [0.717, 1.165) is 12.8 Å². The van der Waals surface area contributed by atoms with E-state index in [1.807, 2.05) is 55.4 Å². The summed E-state index contributed by atoms with van der Waals surface area (Å²) in [4.78, 5) is 12.5. The quantitative estimate of drug-likeness (QED) is 0.664. The van der Waals surface area contributed by atoms with Crippen LogP contribution in [-0.2, 0) is 10.0 Å². The zero-order valence-corrected chi connectivity index (χ0v) is 19.1. The van der Waals surface area contributed by atoms with E-state index in [1.54, 1.807) is 0 Å². The number of rotatable bonds is 5. The van der Waals surface area contributed by atoms with E-state index in [4.69, 9.17) is 0 Å². The van der Waals surface area contributed by atoms with E-state index in [9.17, 15) is 15.2 Å². The number of hydrogen-bond donors (Lipinski definition) is 3. The molecule has 0 aliphatic carbocycles. The zero-order chi connectivity index (χ0) is 21.5. The van der Waals surface area contributed by atoms with Crippen LogP contribution in [0.1, 0.15) is 87.5 Å². The second kappa shape index (κ2) is 7.84. The van der Waals surface area contributed by atoms with Crippen LogP contribution in [0.15, 0.2) is 0 Å². The highest BCUT2D eigenvalue weighted by atomic mass is 16.5. The summed E-state index contributed by atoms with van der Waals surface area (Å²) in [6.07, 6.45) is 3.41. The molecule has 0 spiro atoms. The predicted octanol–water partition coefficient (Wildman–Crippen LogP) is 2.86. The van der Waals surface area contributed by atoms with Crippen molar-refractivity contribution in [2.24, 2.45) is 0 Å². The lowest BCUT2D eigenvalue weighted by atomic mass is 9.79. The molecule has 0 aromatic rings. The third kappa shape index (κ3) is 5.25. The molecule has 0 aromatic heterocycles. The van der Waals surface area contributed by atoms with Crippen LogP contribution in [0.2, 0.25) is 0 Å². The molecule has 2 heterocycles. The van der Waals surface area contributed by atoms with Gasteiger partial charge in [0.1, 0.15) is 0 Å². The van der Waals surface area contributed by atoms with E-state index in [1.165, 1.54) is 10.1 Å². The highest BCUT2D eigenvalue weighted by Crippen LogP contribution is 2.37. The number of nitrogens with one attached hydrogen (secondary N) is 2. The lowest BCUT2D eigenvalue weighted by Crippen LogP contribution is -2.63. The minimum Gasteiger partial charge on any atom is -0.353 e. The van der Waals surface area contributed by atoms with Gasteiger partial charge in [-0.3, -0.25) is 4.79 Å². The summed E-state index contributed by atoms with van der Waals surface area (Å²) in [7, 11) is 0. The van der Waals surface area contributed by atoms with Crippen molar-refractivity contribution >= 4 is 5.91 Å². The average Bonchev–Trinajstić information content (AvgIpc) is 2.49. The van der Waals surface area contributed by atoms with Gasteiger partial charge in [0.15, 0.2) is 0 Å². The van der Waals surface area contributed by atoms with Gasteiger partial charge in [-0.25, -0.2) is 0 Å². The molecule has 7 heteroatoms. The fraction of sp³-hybridized carbons (Fsp3) is 0.952. The minimum atomic E-state index is -0.479. The lowest BCUT2D eigenvalue weighted by molar-refractivity contribution is -0.290. The molecule has 2 aliphatic rings. The summed E-state index contributed by atoms with van der Waals surface area (Å²) in [5, 5.41) is 32.1. The fourth-order valence-electron chi connectivity index (χ4n) is 5.47. The van der Waals surface area contributed by atoms with Gasteiger partial charge in [0, 0.05) is 47.2 Å². The Morgan fingerprint density at radius 3 is 1.75 bits per heavy atom. The Balaban J connectivity index is 1.82. The van der Waals surface area contributed by atoms with Crippen LogP contribution in [0.3, 0.4) is 0 Å². The molecular formula is C21H41N4O3. The molecule has 7 nitrogen and oxygen atoms in total. The van der Waals surface area contributed by atoms with Crippen LogP contribution in [0, 0.1) is 0 Å². The Labute approximate surface area is 170 Å². The first kappa shape index (κ1) is 23.5. The van der Waals surface area contributed by atoms with Gasteiger partial charge in [-0.1, -0.05) is 0 Å². The molecule has 0 unspecified atom stereocenters. The highest BCUT2D eigenvalue weighted by Gasteiger charge is 2.47. The molecule has 0 bridgehead atoms. The summed E-state index contributed by atoms with van der Waals surface area (Å²) in [5.74, 6) is 0.0292. The van der Waals surface area contributed by atoms with Crippen molar-refractivity contribution in [3.8, 4) is 0 Å². The first-order chi connectivity index (χ1) is 12.6. The number of hydrogen-bond acceptors (Lipinski definition) is 5. The molecular weight excluding hydrogens is 356 g/mol. The standard InChI is InChI=1S/C21H41N4O3/c1-18(2)11-15(12-19(3,4)24(18)27)22-10-9-17(26)23-16-13-20(5,6)25(28)21(7,8)14-16/h15-16,22,27H,9-14H2,1-8H3,(H,23,26). The van der Waals surface area contributed by atoms with E-state index in [0.29, 0.717) is 25.8 Å². The second-order valence-electron chi connectivity index (χ2n) is 11.3. The number of nitrogens with zero attached hydrogens (tertiary/aromatic N) is 2. The summed E-state index contributed by atoms with van der Waals surface area (Å²) in [6.45, 7) is 16.6. The molecule has 0 aromatic carbocycles. The summed E-state index contributed by atoms with van der Waals surface area (Å²) >= 11 is 0. The van der Waals surface area contributed by atoms with Gasteiger partial charge in [-0.05, 0) is 81.1 Å². The third-order valence-electron chi connectivity index (χ3n) is 6.38. The fourth-order valence-corrected chi connectivity index (χ4v) is 5.47. The topological polar surface area (TPSA) is 87.7 Å². The normalized spacial score (nSPS) is 28.2. The highest BCUT2D eigenvalue weighted by molar-refractivity contribution is 5.76. The van der Waals surface area contributed by atoms with Gasteiger partial charge in [-0.2, -0.15) is 5.06 Å². The minimum absolute atomic E-state index is 0.0261. The first-order valence-corrected chi connectivity index (χ1v) is 10.6. The Kier molecular flexibility index (Phi) is 6.59. The molecule has 1 amide bonds. The van der Waals surface area contributed by atoms with E-state index in [2.05, 4.69) is 10.6 Å². The molecule has 0 atom stereocenters. The van der Waals surface area contributed by atoms with Gasteiger partial charge in [-0.15, -0.1) is 10.3 Å². The number of carbonyl (C=O) groups is 1. The molecule has 2 rings (SSSR count). The van der Waals surface area contributed by atoms with Crippen molar-refractivity contribution in [3.63, 3.8) is 0 Å². The van der Waals surface area contributed by atoms with Gasteiger partial charge >= 0.3 is 0 Å². The molecule has 3 N–H and O–H groups in total. The van der Waals surface area contributed by atoms with Gasteiger partial charge < -0.3 is 15.8 Å². The SMILES string of the molecule is CC1(C)CC(NC(=O)CCNC2CC(C)(C)N(O)C(C)(C)C2)CC(C)(C)N1[O]. The maximum absolute atomic E-state index is 12.5. The van der Waals surface area contributed by atoms with Crippen LogP contribution in [0.4, 0.5) is 0 Å². The number of amides is 1. The molecule has 28 heavy (non-hydrogen) atoms. The summed E-state index contributed by atoms with van der Waals surface area (Å²) in [6, 6.07) is 0.293. The van der Waals surface area contributed by atoms with Crippen molar-refractivity contribution in [1.82, 2.24) is 20.8 Å². The molecule has 2 fully saturated rings. The Morgan fingerprint density at radius 1 is 0.857 bits per heavy atom. The molecule has 0 saturated carbocycles. The number of carbonyl (C=O) groups excluding carboxylic acids is 1. The average molecular weight is 398 g/mol. The second-order valence-corrected chi connectivity index (χ2v) is 11.3. The van der Waals surface area contributed by atoms with E-state index >= 15 is 0 Å². The van der Waals surface area contributed by atoms with Gasteiger partial charge in [0.2, 0.25) is 5.91 Å².